The second kappa shape index (κ2) is 8.11. The monoisotopic (exact) mass is 474 g/mol. The topological polar surface area (TPSA) is 62.1 Å². The Kier molecular flexibility index (Phi) is 5.13. The summed E-state index contributed by atoms with van der Waals surface area (Å²) in [6, 6.07) is 6.86. The normalized spacial score (nSPS) is 19.5. The highest BCUT2D eigenvalue weighted by molar-refractivity contribution is 6.01. The van der Waals surface area contributed by atoms with Crippen LogP contribution in [0.15, 0.2) is 30.5 Å². The summed E-state index contributed by atoms with van der Waals surface area (Å²) in [7, 11) is 0. The molecule has 0 saturated carbocycles. The van der Waals surface area contributed by atoms with Crippen molar-refractivity contribution >= 4 is 27.5 Å². The van der Waals surface area contributed by atoms with Crippen molar-refractivity contribution in [3.05, 3.63) is 53.5 Å². The zero-order valence-corrected chi connectivity index (χ0v) is 20.1. The standard InChI is InChI=1S/C28H28F2N4O/c1-4-19-22(29)10-5-15-11-18(35)12-20(23(15)19)25-24(30)26-21(13-31-25)28(33-27(32-26)14(2)3)34-16-6-7-17(34)9-8-16/h5,10-14,16-17,35H,4,6-9H2,1-3H3. The molecule has 7 heteroatoms. The maximum Gasteiger partial charge on any atom is 0.175 e. The number of phenols is 1. The Morgan fingerprint density at radius 1 is 1.06 bits per heavy atom. The lowest BCUT2D eigenvalue weighted by Crippen LogP contribution is -2.29. The molecule has 2 aliphatic rings. The fourth-order valence-corrected chi connectivity index (χ4v) is 5.99. The lowest BCUT2D eigenvalue weighted by molar-refractivity contribution is 0.476. The number of hydrogen-bond donors (Lipinski definition) is 1. The van der Waals surface area contributed by atoms with Crippen molar-refractivity contribution in [2.45, 2.75) is 70.9 Å². The van der Waals surface area contributed by atoms with Crippen LogP contribution < -0.4 is 4.90 Å². The van der Waals surface area contributed by atoms with Gasteiger partial charge in [0.05, 0.1) is 5.39 Å². The van der Waals surface area contributed by atoms with E-state index in [1.54, 1.807) is 18.3 Å². The molecule has 4 aromatic rings. The number of halogens is 2. The van der Waals surface area contributed by atoms with Crippen molar-refractivity contribution < 1.29 is 13.9 Å². The van der Waals surface area contributed by atoms with Gasteiger partial charge in [0.2, 0.25) is 0 Å². The summed E-state index contributed by atoms with van der Waals surface area (Å²) in [6.45, 7) is 5.86. The average Bonchev–Trinajstić information content (AvgIpc) is 3.44. The van der Waals surface area contributed by atoms with E-state index in [1.807, 2.05) is 20.8 Å². The van der Waals surface area contributed by atoms with E-state index in [0.717, 1.165) is 31.5 Å². The van der Waals surface area contributed by atoms with E-state index in [2.05, 4.69) is 14.9 Å². The van der Waals surface area contributed by atoms with Crippen LogP contribution in [0.25, 0.3) is 32.9 Å². The minimum absolute atomic E-state index is 0.0248. The summed E-state index contributed by atoms with van der Waals surface area (Å²) in [5.74, 6) is 0.430. The minimum atomic E-state index is -0.571. The molecule has 5 nitrogen and oxygen atoms in total. The Hall–Kier alpha value is -3.35. The van der Waals surface area contributed by atoms with Gasteiger partial charge in [-0.2, -0.15) is 0 Å². The summed E-state index contributed by atoms with van der Waals surface area (Å²) in [5, 5.41) is 12.2. The molecule has 2 bridgehead atoms. The highest BCUT2D eigenvalue weighted by atomic mass is 19.1. The number of aromatic hydroxyl groups is 1. The molecule has 0 radical (unpaired) electrons. The van der Waals surface area contributed by atoms with Gasteiger partial charge in [0.15, 0.2) is 5.82 Å². The van der Waals surface area contributed by atoms with E-state index in [1.165, 1.54) is 12.1 Å². The second-order valence-electron chi connectivity index (χ2n) is 10.1. The molecule has 0 amide bonds. The zero-order chi connectivity index (χ0) is 24.4. The Balaban J connectivity index is 1.64. The molecule has 2 aromatic carbocycles. The Bertz CT molecular complexity index is 1470. The fourth-order valence-electron chi connectivity index (χ4n) is 5.99. The van der Waals surface area contributed by atoms with Crippen molar-refractivity contribution in [2.24, 2.45) is 0 Å². The van der Waals surface area contributed by atoms with Gasteiger partial charge in [-0.05, 0) is 66.6 Å². The summed E-state index contributed by atoms with van der Waals surface area (Å²) < 4.78 is 31.0. The molecular formula is C28H28F2N4O. The number of nitrogens with zero attached hydrogens (tertiary/aromatic N) is 4. The van der Waals surface area contributed by atoms with E-state index in [0.29, 0.717) is 51.6 Å². The lowest BCUT2D eigenvalue weighted by Gasteiger charge is -2.25. The molecule has 35 heavy (non-hydrogen) atoms. The van der Waals surface area contributed by atoms with E-state index in [9.17, 15) is 9.50 Å². The Morgan fingerprint density at radius 2 is 1.77 bits per heavy atom. The lowest BCUT2D eigenvalue weighted by atomic mass is 9.94. The molecule has 1 N–H and O–H groups in total. The predicted molar refractivity (Wildman–Crippen MR) is 134 cm³/mol. The average molecular weight is 475 g/mol. The first-order valence-corrected chi connectivity index (χ1v) is 12.5. The quantitative estimate of drug-likeness (QED) is 0.359. The first-order valence-electron chi connectivity index (χ1n) is 12.5. The van der Waals surface area contributed by atoms with Gasteiger partial charge in [0, 0.05) is 29.8 Å². The number of aryl methyl sites for hydroxylation is 1. The van der Waals surface area contributed by atoms with Crippen molar-refractivity contribution in [2.75, 3.05) is 4.90 Å². The molecule has 6 rings (SSSR count). The molecule has 0 aliphatic carbocycles. The van der Waals surface area contributed by atoms with Crippen LogP contribution in [0.4, 0.5) is 14.6 Å². The summed E-state index contributed by atoms with van der Waals surface area (Å²) in [6.07, 6.45) is 6.58. The molecule has 0 unspecified atom stereocenters. The highest BCUT2D eigenvalue weighted by Crippen LogP contribution is 2.44. The maximum atomic E-state index is 16.3. The van der Waals surface area contributed by atoms with E-state index < -0.39 is 5.82 Å². The van der Waals surface area contributed by atoms with Gasteiger partial charge in [-0.15, -0.1) is 0 Å². The highest BCUT2D eigenvalue weighted by Gasteiger charge is 2.41. The fraction of sp³-hybridized carbons (Fsp3) is 0.393. The van der Waals surface area contributed by atoms with Crippen LogP contribution in [0, 0.1) is 11.6 Å². The van der Waals surface area contributed by atoms with E-state index in [-0.39, 0.29) is 28.7 Å². The van der Waals surface area contributed by atoms with Gasteiger partial charge in [-0.25, -0.2) is 18.7 Å². The van der Waals surface area contributed by atoms with Gasteiger partial charge in [0.1, 0.15) is 34.4 Å². The number of fused-ring (bicyclic) bond motifs is 4. The predicted octanol–water partition coefficient (Wildman–Crippen LogP) is 6.65. The van der Waals surface area contributed by atoms with Crippen molar-refractivity contribution in [1.82, 2.24) is 15.0 Å². The van der Waals surface area contributed by atoms with Crippen LogP contribution in [0.2, 0.25) is 0 Å². The Labute approximate surface area is 202 Å². The number of aromatic nitrogens is 3. The smallest absolute Gasteiger partial charge is 0.175 e. The first-order chi connectivity index (χ1) is 16.9. The molecule has 180 valence electrons. The maximum absolute atomic E-state index is 16.3. The van der Waals surface area contributed by atoms with Crippen LogP contribution in [0.1, 0.15) is 63.8 Å². The molecule has 0 spiro atoms. The van der Waals surface area contributed by atoms with E-state index >= 15 is 4.39 Å². The summed E-state index contributed by atoms with van der Waals surface area (Å²) in [4.78, 5) is 16.4. The number of rotatable bonds is 4. The van der Waals surface area contributed by atoms with Crippen LogP contribution >= 0.6 is 0 Å². The van der Waals surface area contributed by atoms with Crippen molar-refractivity contribution in [3.63, 3.8) is 0 Å². The van der Waals surface area contributed by atoms with Gasteiger partial charge in [-0.3, -0.25) is 4.98 Å². The van der Waals surface area contributed by atoms with Gasteiger partial charge < -0.3 is 10.0 Å². The van der Waals surface area contributed by atoms with Crippen LogP contribution in [0.3, 0.4) is 0 Å². The van der Waals surface area contributed by atoms with Gasteiger partial charge in [0.25, 0.3) is 0 Å². The second-order valence-corrected chi connectivity index (χ2v) is 10.1. The third-order valence-electron chi connectivity index (χ3n) is 7.66. The van der Waals surface area contributed by atoms with Crippen molar-refractivity contribution in [1.29, 1.82) is 0 Å². The third kappa shape index (κ3) is 3.35. The van der Waals surface area contributed by atoms with Crippen LogP contribution in [-0.4, -0.2) is 32.1 Å². The SMILES string of the molecule is CCc1c(F)ccc2cc(O)cc(-c3ncc4c(N5C6CCC5CC6)nc(C(C)C)nc4c3F)c12. The van der Waals surface area contributed by atoms with Gasteiger partial charge >= 0.3 is 0 Å². The molecule has 2 aliphatic heterocycles. The molecule has 4 heterocycles. The first kappa shape index (κ1) is 22.1. The number of phenolic OH excluding ortho intramolecular Hbond substituents is 1. The van der Waals surface area contributed by atoms with Crippen LogP contribution in [0.5, 0.6) is 5.75 Å². The summed E-state index contributed by atoms with van der Waals surface area (Å²) >= 11 is 0. The number of anilines is 1. The zero-order valence-electron chi connectivity index (χ0n) is 20.1. The number of benzene rings is 2. The third-order valence-corrected chi connectivity index (χ3v) is 7.66. The molecule has 2 aromatic heterocycles. The van der Waals surface area contributed by atoms with E-state index in [4.69, 9.17) is 4.98 Å². The van der Waals surface area contributed by atoms with Crippen LogP contribution in [-0.2, 0) is 6.42 Å². The number of hydrogen-bond acceptors (Lipinski definition) is 5. The largest absolute Gasteiger partial charge is 0.508 e. The Morgan fingerprint density at radius 3 is 2.43 bits per heavy atom. The summed E-state index contributed by atoms with van der Waals surface area (Å²) in [5.41, 5.74) is 1.12. The molecular weight excluding hydrogens is 446 g/mol. The van der Waals surface area contributed by atoms with Crippen molar-refractivity contribution in [3.8, 4) is 17.0 Å². The molecule has 2 fully saturated rings. The molecule has 2 saturated heterocycles. The minimum Gasteiger partial charge on any atom is -0.508 e. The van der Waals surface area contributed by atoms with Gasteiger partial charge in [-0.1, -0.05) is 26.8 Å². The number of pyridine rings is 1. The molecule has 0 atom stereocenters.